The van der Waals surface area contributed by atoms with Crippen molar-refractivity contribution in [3.05, 3.63) is 38.9 Å². The number of oxazole rings is 1. The lowest BCUT2D eigenvalue weighted by Gasteiger charge is -2.37. The van der Waals surface area contributed by atoms with E-state index < -0.39 is 10.7 Å². The van der Waals surface area contributed by atoms with Crippen LogP contribution in [0.1, 0.15) is 32.6 Å². The van der Waals surface area contributed by atoms with E-state index in [0.717, 1.165) is 32.4 Å². The van der Waals surface area contributed by atoms with Gasteiger partial charge in [0.05, 0.1) is 17.1 Å². The molecule has 29 heavy (non-hydrogen) atoms. The maximum Gasteiger partial charge on any atom is 0.421 e. The van der Waals surface area contributed by atoms with Crippen molar-refractivity contribution in [3.8, 4) is 0 Å². The summed E-state index contributed by atoms with van der Waals surface area (Å²) in [5, 5.41) is 11.0. The van der Waals surface area contributed by atoms with E-state index in [9.17, 15) is 19.7 Å². The molecule has 9 heteroatoms. The smallest absolute Gasteiger partial charge is 0.408 e. The molecule has 2 aromatic rings. The number of carbonyl (C=O) groups excluding carboxylic acids is 1. The summed E-state index contributed by atoms with van der Waals surface area (Å²) < 4.78 is 6.65. The second-order valence-electron chi connectivity index (χ2n) is 8.27. The number of carbonyl (C=O) groups is 1. The van der Waals surface area contributed by atoms with Crippen molar-refractivity contribution >= 4 is 22.7 Å². The number of fused-ring (bicyclic) bond motifs is 1. The first kappa shape index (κ1) is 19.6. The second kappa shape index (κ2) is 7.98. The maximum absolute atomic E-state index is 12.8. The van der Waals surface area contributed by atoms with Crippen molar-refractivity contribution in [3.63, 3.8) is 0 Å². The van der Waals surface area contributed by atoms with E-state index >= 15 is 0 Å². The van der Waals surface area contributed by atoms with Crippen molar-refractivity contribution < 1.29 is 14.1 Å². The first-order chi connectivity index (χ1) is 13.9. The molecule has 1 atom stereocenters. The number of rotatable bonds is 4. The molecule has 0 saturated carbocycles. The van der Waals surface area contributed by atoms with Gasteiger partial charge in [-0.05, 0) is 37.7 Å². The Morgan fingerprint density at radius 2 is 2.00 bits per heavy atom. The standard InChI is InChI=1S/C20H26N4O5/c1-14-3-2-8-22(12-14)19(25)15-6-9-21(10-7-15)13-23-17-11-16(24(27)28)4-5-18(17)29-20(23)26/h4-5,11,14-15H,2-3,6-10,12-13H2,1H3/t14-/m1/s1. The van der Waals surface area contributed by atoms with Crippen LogP contribution < -0.4 is 5.76 Å². The molecule has 9 nitrogen and oxygen atoms in total. The molecule has 4 rings (SSSR count). The average Bonchev–Trinajstić information content (AvgIpc) is 3.02. The fraction of sp³-hybridized carbons (Fsp3) is 0.600. The Morgan fingerprint density at radius 1 is 1.24 bits per heavy atom. The van der Waals surface area contributed by atoms with E-state index in [4.69, 9.17) is 4.42 Å². The van der Waals surface area contributed by atoms with E-state index in [1.54, 1.807) is 0 Å². The molecule has 2 fully saturated rings. The molecule has 0 N–H and O–H groups in total. The van der Waals surface area contributed by atoms with E-state index in [-0.39, 0.29) is 17.5 Å². The summed E-state index contributed by atoms with van der Waals surface area (Å²) in [5.41, 5.74) is 0.682. The van der Waals surface area contributed by atoms with Gasteiger partial charge in [-0.15, -0.1) is 0 Å². The Labute approximate surface area is 168 Å². The third-order valence-electron chi connectivity index (χ3n) is 6.11. The van der Waals surface area contributed by atoms with Crippen molar-refractivity contribution in [1.29, 1.82) is 0 Å². The number of nitrogens with zero attached hydrogens (tertiary/aromatic N) is 4. The van der Waals surface area contributed by atoms with Crippen LogP contribution in [0.5, 0.6) is 0 Å². The number of nitro groups is 1. The largest absolute Gasteiger partial charge is 0.421 e. The zero-order chi connectivity index (χ0) is 20.5. The molecule has 0 spiro atoms. The Bertz CT molecular complexity index is 973. The zero-order valence-corrected chi connectivity index (χ0v) is 16.6. The Hall–Kier alpha value is -2.68. The van der Waals surface area contributed by atoms with Gasteiger partial charge in [0.15, 0.2) is 5.58 Å². The van der Waals surface area contributed by atoms with E-state index in [1.807, 2.05) is 4.90 Å². The molecular weight excluding hydrogens is 376 g/mol. The van der Waals surface area contributed by atoms with Crippen LogP contribution in [0, 0.1) is 22.0 Å². The topological polar surface area (TPSA) is 102 Å². The zero-order valence-electron chi connectivity index (χ0n) is 16.6. The van der Waals surface area contributed by atoms with Crippen molar-refractivity contribution in [1.82, 2.24) is 14.4 Å². The molecule has 0 aliphatic carbocycles. The summed E-state index contributed by atoms with van der Waals surface area (Å²) in [6.07, 6.45) is 3.78. The lowest BCUT2D eigenvalue weighted by Crippen LogP contribution is -2.46. The second-order valence-corrected chi connectivity index (χ2v) is 8.27. The number of piperidine rings is 2. The fourth-order valence-electron chi connectivity index (χ4n) is 4.47. The van der Waals surface area contributed by atoms with Gasteiger partial charge in [-0.1, -0.05) is 6.92 Å². The highest BCUT2D eigenvalue weighted by molar-refractivity contribution is 5.79. The number of amides is 1. The van der Waals surface area contributed by atoms with Gasteiger partial charge in [0.1, 0.15) is 0 Å². The first-order valence-corrected chi connectivity index (χ1v) is 10.2. The fourth-order valence-corrected chi connectivity index (χ4v) is 4.47. The summed E-state index contributed by atoms with van der Waals surface area (Å²) in [4.78, 5) is 39.7. The third kappa shape index (κ3) is 4.05. The number of benzene rings is 1. The summed E-state index contributed by atoms with van der Waals surface area (Å²) >= 11 is 0. The van der Waals surface area contributed by atoms with Crippen LogP contribution in [0.3, 0.4) is 0 Å². The van der Waals surface area contributed by atoms with Gasteiger partial charge in [0.2, 0.25) is 5.91 Å². The minimum Gasteiger partial charge on any atom is -0.408 e. The normalized spacial score (nSPS) is 21.6. The van der Waals surface area contributed by atoms with Crippen molar-refractivity contribution in [2.75, 3.05) is 26.2 Å². The summed E-state index contributed by atoms with van der Waals surface area (Å²) in [5.74, 6) is 0.340. The predicted molar refractivity (Wildman–Crippen MR) is 106 cm³/mol. The number of non-ortho nitro benzene ring substituents is 1. The predicted octanol–water partition coefficient (Wildman–Crippen LogP) is 2.43. The lowest BCUT2D eigenvalue weighted by atomic mass is 9.93. The number of hydrogen-bond acceptors (Lipinski definition) is 6. The van der Waals surface area contributed by atoms with Gasteiger partial charge in [-0.25, -0.2) is 4.79 Å². The quantitative estimate of drug-likeness (QED) is 0.575. The van der Waals surface area contributed by atoms with Crippen LogP contribution in [0.2, 0.25) is 0 Å². The van der Waals surface area contributed by atoms with Crippen LogP contribution in [0.4, 0.5) is 5.69 Å². The summed E-state index contributed by atoms with van der Waals surface area (Å²) in [6, 6.07) is 4.15. The Morgan fingerprint density at radius 3 is 2.69 bits per heavy atom. The molecule has 2 aliphatic heterocycles. The van der Waals surface area contributed by atoms with Gasteiger partial charge in [-0.2, -0.15) is 0 Å². The van der Waals surface area contributed by atoms with Crippen LogP contribution in [0.25, 0.3) is 11.1 Å². The molecule has 1 aromatic heterocycles. The van der Waals surface area contributed by atoms with Gasteiger partial charge in [-0.3, -0.25) is 24.4 Å². The summed E-state index contributed by atoms with van der Waals surface area (Å²) in [7, 11) is 0. The SMILES string of the molecule is C[C@@H]1CCCN(C(=O)C2CCN(Cn3c(=O)oc4ccc([N+](=O)[O-])cc43)CC2)C1. The highest BCUT2D eigenvalue weighted by Gasteiger charge is 2.31. The lowest BCUT2D eigenvalue weighted by molar-refractivity contribution is -0.384. The van der Waals surface area contributed by atoms with Gasteiger partial charge in [0.25, 0.3) is 5.69 Å². The molecular formula is C20H26N4O5. The molecule has 0 unspecified atom stereocenters. The molecule has 2 saturated heterocycles. The first-order valence-electron chi connectivity index (χ1n) is 10.2. The van der Waals surface area contributed by atoms with E-state index in [0.29, 0.717) is 36.8 Å². The number of likely N-dealkylation sites (tertiary alicyclic amines) is 2. The summed E-state index contributed by atoms with van der Waals surface area (Å²) in [6.45, 7) is 5.61. The highest BCUT2D eigenvalue weighted by atomic mass is 16.6. The minimum atomic E-state index is -0.527. The van der Waals surface area contributed by atoms with E-state index in [1.165, 1.54) is 29.2 Å². The van der Waals surface area contributed by atoms with Crippen LogP contribution >= 0.6 is 0 Å². The maximum atomic E-state index is 12.8. The third-order valence-corrected chi connectivity index (χ3v) is 6.11. The molecule has 1 amide bonds. The van der Waals surface area contributed by atoms with Crippen molar-refractivity contribution in [2.45, 2.75) is 39.3 Å². The Balaban J connectivity index is 1.41. The van der Waals surface area contributed by atoms with Crippen LogP contribution in [0.15, 0.2) is 27.4 Å². The van der Waals surface area contributed by atoms with Crippen LogP contribution in [-0.4, -0.2) is 51.4 Å². The van der Waals surface area contributed by atoms with E-state index in [2.05, 4.69) is 11.8 Å². The van der Waals surface area contributed by atoms with Gasteiger partial charge >= 0.3 is 5.76 Å². The molecule has 2 aliphatic rings. The molecule has 1 aromatic carbocycles. The molecule has 0 radical (unpaired) electrons. The molecule has 156 valence electrons. The molecule has 0 bridgehead atoms. The van der Waals surface area contributed by atoms with Crippen molar-refractivity contribution in [2.24, 2.45) is 11.8 Å². The number of aromatic nitrogens is 1. The number of nitro benzene ring substituents is 1. The van der Waals surface area contributed by atoms with Crippen LogP contribution in [-0.2, 0) is 11.5 Å². The van der Waals surface area contributed by atoms with Gasteiger partial charge in [0, 0.05) is 44.2 Å². The average molecular weight is 402 g/mol. The highest BCUT2D eigenvalue weighted by Crippen LogP contribution is 2.25. The minimum absolute atomic E-state index is 0.0375. The van der Waals surface area contributed by atoms with Gasteiger partial charge < -0.3 is 9.32 Å². The number of hydrogen-bond donors (Lipinski definition) is 0. The molecule has 3 heterocycles. The monoisotopic (exact) mass is 402 g/mol. The Kier molecular flexibility index (Phi) is 5.40.